The van der Waals surface area contributed by atoms with Gasteiger partial charge in [0.2, 0.25) is 5.91 Å². The van der Waals surface area contributed by atoms with Gasteiger partial charge >= 0.3 is 0 Å². The number of methoxy groups -OCH3 is 2. The van der Waals surface area contributed by atoms with Crippen LogP contribution < -0.4 is 20.1 Å². The second-order valence-corrected chi connectivity index (χ2v) is 12.1. The molecule has 8 heteroatoms. The molecular formula is C33H40BrN3O4. The molecule has 1 fully saturated rings. The molecule has 0 aromatic heterocycles. The van der Waals surface area contributed by atoms with Gasteiger partial charge in [-0.05, 0) is 84.9 Å². The lowest BCUT2D eigenvalue weighted by atomic mass is 9.73. The number of hydrogen-bond acceptors (Lipinski definition) is 5. The van der Waals surface area contributed by atoms with Crippen LogP contribution in [0.5, 0.6) is 11.5 Å². The second kappa shape index (κ2) is 14.0. The first-order chi connectivity index (χ1) is 19.7. The molecule has 1 aliphatic rings. The van der Waals surface area contributed by atoms with Crippen LogP contribution in [0, 0.1) is 11.3 Å². The minimum Gasteiger partial charge on any atom is -0.493 e. The summed E-state index contributed by atoms with van der Waals surface area (Å²) in [4.78, 5) is 28.4. The third kappa shape index (κ3) is 8.11. The van der Waals surface area contributed by atoms with Gasteiger partial charge in [-0.1, -0.05) is 60.1 Å². The normalized spacial score (nSPS) is 14.4. The van der Waals surface area contributed by atoms with Gasteiger partial charge in [-0.25, -0.2) is 0 Å². The smallest absolute Gasteiger partial charge is 0.251 e. The van der Waals surface area contributed by atoms with Crippen molar-refractivity contribution in [2.45, 2.75) is 46.3 Å². The fourth-order valence-electron chi connectivity index (χ4n) is 5.31. The Labute approximate surface area is 251 Å². The summed E-state index contributed by atoms with van der Waals surface area (Å²) < 4.78 is 11.7. The van der Waals surface area contributed by atoms with Gasteiger partial charge in [-0.15, -0.1) is 0 Å². The van der Waals surface area contributed by atoms with Gasteiger partial charge in [-0.3, -0.25) is 14.5 Å². The van der Waals surface area contributed by atoms with Crippen LogP contribution in [0.2, 0.25) is 0 Å². The van der Waals surface area contributed by atoms with Crippen molar-refractivity contribution in [3.05, 3.63) is 93.5 Å². The zero-order chi connectivity index (χ0) is 29.4. The van der Waals surface area contributed by atoms with Crippen LogP contribution in [-0.4, -0.2) is 44.0 Å². The molecule has 4 rings (SSSR count). The van der Waals surface area contributed by atoms with Crippen molar-refractivity contribution in [3.8, 4) is 11.5 Å². The quantitative estimate of drug-likeness (QED) is 0.276. The highest BCUT2D eigenvalue weighted by atomic mass is 79.9. The molecule has 1 saturated heterocycles. The zero-order valence-corrected chi connectivity index (χ0v) is 25.9. The zero-order valence-electron chi connectivity index (χ0n) is 24.3. The number of carbonyl (C=O) groups excluding carboxylic acids is 2. The predicted molar refractivity (Wildman–Crippen MR) is 165 cm³/mol. The number of likely N-dealkylation sites (tertiary alicyclic amines) is 1. The van der Waals surface area contributed by atoms with E-state index < -0.39 is 5.41 Å². The molecule has 0 atom stereocenters. The molecule has 1 heterocycles. The van der Waals surface area contributed by atoms with Gasteiger partial charge in [0.15, 0.2) is 11.5 Å². The maximum atomic E-state index is 13.2. The summed E-state index contributed by atoms with van der Waals surface area (Å²) in [5.41, 5.74) is 3.29. The average Bonchev–Trinajstić information content (AvgIpc) is 3.00. The monoisotopic (exact) mass is 621 g/mol. The Morgan fingerprint density at radius 2 is 1.41 bits per heavy atom. The number of carbonyl (C=O) groups is 2. The van der Waals surface area contributed by atoms with E-state index in [4.69, 9.17) is 9.47 Å². The van der Waals surface area contributed by atoms with Gasteiger partial charge in [0.25, 0.3) is 5.91 Å². The van der Waals surface area contributed by atoms with Gasteiger partial charge in [0.05, 0.1) is 14.2 Å². The van der Waals surface area contributed by atoms with E-state index in [2.05, 4.69) is 69.6 Å². The molecule has 0 bridgehead atoms. The lowest BCUT2D eigenvalue weighted by Crippen LogP contribution is -2.46. The van der Waals surface area contributed by atoms with Crippen molar-refractivity contribution < 1.29 is 19.1 Å². The Bertz CT molecular complexity index is 1320. The topological polar surface area (TPSA) is 79.9 Å². The SMILES string of the molecule is COc1ccc(CNC(=O)c2ccc(CNC(=O)C(C)(C)C3CCN(Cc4ccc(Br)cc4)CC3)cc2)cc1OC. The van der Waals surface area contributed by atoms with E-state index in [0.717, 1.165) is 48.1 Å². The molecule has 2 N–H and O–H groups in total. The summed E-state index contributed by atoms with van der Waals surface area (Å²) in [6, 6.07) is 21.4. The maximum absolute atomic E-state index is 13.2. The van der Waals surface area contributed by atoms with E-state index in [1.807, 2.05) is 30.3 Å². The Kier molecular flexibility index (Phi) is 10.5. The van der Waals surface area contributed by atoms with Crippen LogP contribution in [0.1, 0.15) is 53.7 Å². The molecular weight excluding hydrogens is 582 g/mol. The van der Waals surface area contributed by atoms with Crippen LogP contribution in [0.25, 0.3) is 0 Å². The van der Waals surface area contributed by atoms with Crippen LogP contribution in [0.3, 0.4) is 0 Å². The van der Waals surface area contributed by atoms with E-state index in [9.17, 15) is 9.59 Å². The number of hydrogen-bond donors (Lipinski definition) is 2. The molecule has 1 aliphatic heterocycles. The van der Waals surface area contributed by atoms with Crippen molar-refractivity contribution in [3.63, 3.8) is 0 Å². The fraction of sp³-hybridized carbons (Fsp3) is 0.394. The average molecular weight is 623 g/mol. The summed E-state index contributed by atoms with van der Waals surface area (Å²) >= 11 is 3.50. The number of halogens is 1. The summed E-state index contributed by atoms with van der Waals surface area (Å²) in [5.74, 6) is 1.51. The molecule has 0 unspecified atom stereocenters. The second-order valence-electron chi connectivity index (χ2n) is 11.2. The van der Waals surface area contributed by atoms with E-state index in [0.29, 0.717) is 36.1 Å². The highest BCUT2D eigenvalue weighted by Crippen LogP contribution is 2.36. The van der Waals surface area contributed by atoms with E-state index >= 15 is 0 Å². The van der Waals surface area contributed by atoms with Gasteiger partial charge in [-0.2, -0.15) is 0 Å². The van der Waals surface area contributed by atoms with Crippen molar-refractivity contribution >= 4 is 27.7 Å². The van der Waals surface area contributed by atoms with Gasteiger partial charge < -0.3 is 20.1 Å². The Morgan fingerprint density at radius 3 is 2.05 bits per heavy atom. The van der Waals surface area contributed by atoms with Crippen LogP contribution in [0.4, 0.5) is 0 Å². The molecule has 0 spiro atoms. The first-order valence-corrected chi connectivity index (χ1v) is 14.8. The van der Waals surface area contributed by atoms with E-state index in [1.165, 1.54) is 5.56 Å². The maximum Gasteiger partial charge on any atom is 0.251 e. The number of nitrogens with one attached hydrogen (secondary N) is 2. The largest absolute Gasteiger partial charge is 0.493 e. The van der Waals surface area contributed by atoms with Crippen molar-refractivity contribution in [1.82, 2.24) is 15.5 Å². The standard InChI is InChI=1S/C33H40BrN3O4/c1-33(2,27-15-17-37(18-16-27)22-24-7-12-28(34)13-8-24)32(39)36-20-23-5-10-26(11-6-23)31(38)35-21-25-9-14-29(40-3)30(19-25)41-4/h5-14,19,27H,15-18,20-22H2,1-4H3,(H,35,38)(H,36,39). The molecule has 2 amide bonds. The van der Waals surface area contributed by atoms with E-state index in [-0.39, 0.29) is 11.8 Å². The van der Waals surface area contributed by atoms with Gasteiger partial charge in [0.1, 0.15) is 0 Å². The molecule has 41 heavy (non-hydrogen) atoms. The number of ether oxygens (including phenoxy) is 2. The number of piperidine rings is 1. The van der Waals surface area contributed by atoms with E-state index in [1.54, 1.807) is 26.4 Å². The minimum absolute atomic E-state index is 0.0700. The Balaban J connectivity index is 1.22. The third-order valence-corrected chi connectivity index (χ3v) is 8.61. The number of nitrogens with zero attached hydrogens (tertiary/aromatic N) is 1. The Morgan fingerprint density at radius 1 is 0.829 bits per heavy atom. The first-order valence-electron chi connectivity index (χ1n) is 14.0. The summed E-state index contributed by atoms with van der Waals surface area (Å²) in [6.45, 7) is 7.84. The minimum atomic E-state index is -0.451. The predicted octanol–water partition coefficient (Wildman–Crippen LogP) is 5.95. The molecule has 218 valence electrons. The Hall–Kier alpha value is -3.36. The summed E-state index contributed by atoms with van der Waals surface area (Å²) in [5, 5.41) is 6.07. The van der Waals surface area contributed by atoms with Crippen molar-refractivity contribution in [1.29, 1.82) is 0 Å². The molecule has 3 aromatic carbocycles. The summed E-state index contributed by atoms with van der Waals surface area (Å²) in [6.07, 6.45) is 2.01. The summed E-state index contributed by atoms with van der Waals surface area (Å²) in [7, 11) is 3.17. The van der Waals surface area contributed by atoms with Crippen LogP contribution >= 0.6 is 15.9 Å². The lowest BCUT2D eigenvalue weighted by molar-refractivity contribution is -0.133. The molecule has 3 aromatic rings. The molecule has 0 saturated carbocycles. The number of rotatable bonds is 11. The first kappa shape index (κ1) is 30.6. The van der Waals surface area contributed by atoms with Crippen LogP contribution in [0.15, 0.2) is 71.2 Å². The molecule has 0 radical (unpaired) electrons. The fourth-order valence-corrected chi connectivity index (χ4v) is 5.57. The number of amides is 2. The van der Waals surface area contributed by atoms with Gasteiger partial charge in [0, 0.05) is 35.1 Å². The third-order valence-electron chi connectivity index (χ3n) is 8.08. The number of benzene rings is 3. The van der Waals surface area contributed by atoms with Crippen molar-refractivity contribution in [2.24, 2.45) is 11.3 Å². The highest BCUT2D eigenvalue weighted by molar-refractivity contribution is 9.10. The molecule has 0 aliphatic carbocycles. The lowest BCUT2D eigenvalue weighted by Gasteiger charge is -2.39. The van der Waals surface area contributed by atoms with Crippen LogP contribution in [-0.2, 0) is 24.4 Å². The highest BCUT2D eigenvalue weighted by Gasteiger charge is 2.38. The van der Waals surface area contributed by atoms with Crippen molar-refractivity contribution in [2.75, 3.05) is 27.3 Å². The molecule has 7 nitrogen and oxygen atoms in total.